The molecule has 38 heavy (non-hydrogen) atoms. The number of sulfone groups is 1. The van der Waals surface area contributed by atoms with Gasteiger partial charge in [0.25, 0.3) is 11.3 Å². The van der Waals surface area contributed by atoms with Crippen LogP contribution >= 0.6 is 11.6 Å². The fourth-order valence-electron chi connectivity index (χ4n) is 3.97. The summed E-state index contributed by atoms with van der Waals surface area (Å²) in [6, 6.07) is 17.3. The van der Waals surface area contributed by atoms with E-state index in [2.05, 4.69) is 4.98 Å². The lowest BCUT2D eigenvalue weighted by Gasteiger charge is -2.17. The lowest BCUT2D eigenvalue weighted by atomic mass is 10.1. The lowest BCUT2D eigenvalue weighted by molar-refractivity contribution is 0.178. The molecule has 200 valence electrons. The van der Waals surface area contributed by atoms with Crippen molar-refractivity contribution >= 4 is 49.8 Å². The maximum absolute atomic E-state index is 12.5. The van der Waals surface area contributed by atoms with Crippen LogP contribution in [0.1, 0.15) is 23.9 Å². The molecule has 4 rings (SSSR count). The number of aryl methyl sites for hydroxylation is 2. The van der Waals surface area contributed by atoms with Crippen molar-refractivity contribution in [3.8, 4) is 11.4 Å². The highest BCUT2D eigenvalue weighted by Crippen LogP contribution is 2.30. The number of fused-ring (bicyclic) bond motifs is 1. The zero-order valence-electron chi connectivity index (χ0n) is 20.9. The lowest BCUT2D eigenvalue weighted by Crippen LogP contribution is -2.36. The number of aromatic nitrogens is 2. The van der Waals surface area contributed by atoms with E-state index in [0.717, 1.165) is 33.2 Å². The largest absolute Gasteiger partial charge is 0.428 e. The normalized spacial score (nSPS) is 12.4. The Bertz CT molecular complexity index is 1620. The molecule has 0 aliphatic carbocycles. The highest BCUT2D eigenvalue weighted by molar-refractivity contribution is 7.90. The van der Waals surface area contributed by atoms with E-state index in [1.165, 1.54) is 6.07 Å². The number of hydrogen-bond donors (Lipinski definition) is 1. The molecule has 0 aliphatic rings. The van der Waals surface area contributed by atoms with Crippen LogP contribution in [0.15, 0.2) is 65.6 Å². The van der Waals surface area contributed by atoms with Gasteiger partial charge in [0, 0.05) is 24.9 Å². The van der Waals surface area contributed by atoms with E-state index in [-0.39, 0.29) is 22.2 Å². The Morgan fingerprint density at radius 3 is 2.37 bits per heavy atom. The Morgan fingerprint density at radius 2 is 1.79 bits per heavy atom. The van der Waals surface area contributed by atoms with Crippen molar-refractivity contribution in [2.24, 2.45) is 0 Å². The molecular formula is C26H26ClN3O6S2. The van der Waals surface area contributed by atoms with Crippen molar-refractivity contribution in [2.75, 3.05) is 12.8 Å². The number of carbonyl (C=O) groups is 1. The van der Waals surface area contributed by atoms with E-state index < -0.39 is 27.2 Å². The van der Waals surface area contributed by atoms with Gasteiger partial charge in [-0.05, 0) is 55.3 Å². The minimum Gasteiger partial charge on any atom is -0.410 e. The van der Waals surface area contributed by atoms with Gasteiger partial charge in [0.15, 0.2) is 9.84 Å². The highest BCUT2D eigenvalue weighted by Gasteiger charge is 2.22. The van der Waals surface area contributed by atoms with Crippen LogP contribution in [0.2, 0.25) is 5.02 Å². The fraction of sp³-hybridized carbons (Fsp3) is 0.231. The molecule has 1 aromatic heterocycles. The van der Waals surface area contributed by atoms with Gasteiger partial charge in [0.05, 0.1) is 21.0 Å². The summed E-state index contributed by atoms with van der Waals surface area (Å²) in [7, 11) is -3.51. The highest BCUT2D eigenvalue weighted by atomic mass is 35.5. The molecule has 0 aliphatic heterocycles. The summed E-state index contributed by atoms with van der Waals surface area (Å²) in [5, 5.41) is 0.120. The molecule has 9 nitrogen and oxygen atoms in total. The Kier molecular flexibility index (Phi) is 8.22. The second-order valence-electron chi connectivity index (χ2n) is 8.69. The summed E-state index contributed by atoms with van der Waals surface area (Å²) < 4.78 is 53.5. The van der Waals surface area contributed by atoms with Crippen LogP contribution in [0.5, 0.6) is 5.75 Å². The molecule has 3 aromatic carbocycles. The van der Waals surface area contributed by atoms with Crippen molar-refractivity contribution in [2.45, 2.75) is 31.6 Å². The number of nitrogens with zero attached hydrogens (tertiary/aromatic N) is 3. The van der Waals surface area contributed by atoms with Crippen molar-refractivity contribution < 1.29 is 26.7 Å². The summed E-state index contributed by atoms with van der Waals surface area (Å²) in [6.45, 7) is 3.81. The molecule has 1 N–H and O–H groups in total. The number of carbonyl (C=O) groups excluding carboxylic acids is 1. The fourth-order valence-corrected chi connectivity index (χ4v) is 5.70. The van der Waals surface area contributed by atoms with Gasteiger partial charge >= 0.3 is 6.09 Å². The first-order valence-electron chi connectivity index (χ1n) is 11.6. The first-order chi connectivity index (χ1) is 18.0. The molecule has 1 unspecified atom stereocenters. The third kappa shape index (κ3) is 6.07. The van der Waals surface area contributed by atoms with E-state index in [4.69, 9.17) is 16.3 Å². The molecule has 1 heterocycles. The van der Waals surface area contributed by atoms with Gasteiger partial charge in [0.2, 0.25) is 0 Å². The summed E-state index contributed by atoms with van der Waals surface area (Å²) >= 11 is 3.74. The Hall–Kier alpha value is -3.25. The molecule has 0 saturated carbocycles. The molecule has 12 heteroatoms. The molecule has 0 saturated heterocycles. The average molecular weight is 576 g/mol. The number of rotatable bonds is 8. The summed E-state index contributed by atoms with van der Waals surface area (Å²) in [4.78, 5) is 17.1. The molecular weight excluding hydrogens is 550 g/mol. The number of imidazole rings is 1. The van der Waals surface area contributed by atoms with Crippen molar-refractivity contribution in [1.82, 2.24) is 13.9 Å². The quantitative estimate of drug-likeness (QED) is 0.289. The third-order valence-corrected chi connectivity index (χ3v) is 8.18. The van der Waals surface area contributed by atoms with E-state index >= 15 is 0 Å². The Morgan fingerprint density at radius 1 is 1.13 bits per heavy atom. The average Bonchev–Trinajstić information content (AvgIpc) is 3.22. The van der Waals surface area contributed by atoms with Gasteiger partial charge in [-0.3, -0.25) is 9.12 Å². The van der Waals surface area contributed by atoms with Gasteiger partial charge in [0.1, 0.15) is 11.6 Å². The van der Waals surface area contributed by atoms with Crippen LogP contribution in [0, 0.1) is 6.92 Å². The second kappa shape index (κ2) is 11.2. The molecule has 0 fully saturated rings. The van der Waals surface area contributed by atoms with E-state index in [1.54, 1.807) is 30.3 Å². The SMILES string of the molecule is CCc1nc2cc(S(C)(=O)=O)c(Cl)cc2n1-c1ccc(CCN(C(=O)Oc2ccc(C)cc2)S(=O)O)cc1. The van der Waals surface area contributed by atoms with Gasteiger partial charge in [-0.25, -0.2) is 26.7 Å². The molecule has 0 spiro atoms. The summed E-state index contributed by atoms with van der Waals surface area (Å²) in [5.41, 5.74) is 3.80. The van der Waals surface area contributed by atoms with Crippen LogP contribution in [0.25, 0.3) is 16.7 Å². The zero-order valence-corrected chi connectivity index (χ0v) is 23.3. The molecule has 0 bridgehead atoms. The maximum Gasteiger partial charge on any atom is 0.428 e. The minimum absolute atomic E-state index is 0.0287. The smallest absolute Gasteiger partial charge is 0.410 e. The van der Waals surface area contributed by atoms with Crippen LogP contribution in [0.4, 0.5) is 4.79 Å². The van der Waals surface area contributed by atoms with E-state index in [9.17, 15) is 22.0 Å². The standard InChI is InChI=1S/C26H26ClN3O6S2/c1-4-25-28-22-16-24(38(3,34)35)21(27)15-23(22)30(25)19-9-7-18(8-10-19)13-14-29(37(32)33)26(31)36-20-11-5-17(2)6-12-20/h5-12,15-16H,4,13-14H2,1-3H3,(H,32,33). The van der Waals surface area contributed by atoms with Crippen molar-refractivity contribution in [3.63, 3.8) is 0 Å². The number of halogens is 1. The van der Waals surface area contributed by atoms with Gasteiger partial charge in [-0.1, -0.05) is 48.4 Å². The summed E-state index contributed by atoms with van der Waals surface area (Å²) in [6.07, 6.45) is 1.09. The minimum atomic E-state index is -3.51. The topological polar surface area (TPSA) is 119 Å². The van der Waals surface area contributed by atoms with E-state index in [1.807, 2.05) is 42.7 Å². The first-order valence-corrected chi connectivity index (χ1v) is 15.0. The molecule has 1 atom stereocenters. The zero-order chi connectivity index (χ0) is 27.6. The Labute approximate surface area is 228 Å². The van der Waals surface area contributed by atoms with Crippen LogP contribution in [0.3, 0.4) is 0 Å². The van der Waals surface area contributed by atoms with Crippen molar-refractivity contribution in [1.29, 1.82) is 0 Å². The van der Waals surface area contributed by atoms with Gasteiger partial charge in [-0.15, -0.1) is 0 Å². The molecule has 1 amide bonds. The molecule has 0 radical (unpaired) electrons. The second-order valence-corrected chi connectivity index (χ2v) is 12.0. The summed E-state index contributed by atoms with van der Waals surface area (Å²) in [5.74, 6) is 1.01. The third-order valence-electron chi connectivity index (χ3n) is 5.91. The van der Waals surface area contributed by atoms with Gasteiger partial charge < -0.3 is 4.74 Å². The van der Waals surface area contributed by atoms with Crippen molar-refractivity contribution in [3.05, 3.63) is 82.6 Å². The first kappa shape index (κ1) is 27.8. The van der Waals surface area contributed by atoms with Gasteiger partial charge in [-0.2, -0.15) is 0 Å². The Balaban J connectivity index is 1.54. The number of benzene rings is 3. The predicted octanol–water partition coefficient (Wildman–Crippen LogP) is 5.13. The monoisotopic (exact) mass is 575 g/mol. The number of hydrogen-bond acceptors (Lipinski definition) is 6. The maximum atomic E-state index is 12.5. The predicted molar refractivity (Wildman–Crippen MR) is 147 cm³/mol. The van der Waals surface area contributed by atoms with E-state index in [0.29, 0.717) is 23.9 Å². The van der Waals surface area contributed by atoms with Crippen LogP contribution in [-0.4, -0.2) is 49.9 Å². The van der Waals surface area contributed by atoms with Crippen LogP contribution < -0.4 is 4.74 Å². The molecule has 4 aromatic rings. The van der Waals surface area contributed by atoms with Crippen LogP contribution in [-0.2, 0) is 33.9 Å². The number of ether oxygens (including phenoxy) is 1. The number of amides is 1.